The molecule has 0 aliphatic rings. The fraction of sp³-hybridized carbons (Fsp3) is 0.429. The molecule has 0 radical (unpaired) electrons. The van der Waals surface area contributed by atoms with Gasteiger partial charge in [-0.1, -0.05) is 18.2 Å². The normalized spacial score (nSPS) is 14.6. The lowest BCUT2D eigenvalue weighted by Crippen LogP contribution is -2.29. The van der Waals surface area contributed by atoms with Crippen molar-refractivity contribution in [3.63, 3.8) is 0 Å². The molecule has 128 valence electrons. The second-order valence-electron chi connectivity index (χ2n) is 4.49. The van der Waals surface area contributed by atoms with E-state index in [9.17, 15) is 14.2 Å². The second-order valence-corrected chi connectivity index (χ2v) is 5.83. The summed E-state index contributed by atoms with van der Waals surface area (Å²) in [6.07, 6.45) is -1.57. The number of nitrogens with two attached hydrogens (primary N) is 1. The summed E-state index contributed by atoms with van der Waals surface area (Å²) in [5.74, 6) is -1.41. The summed E-state index contributed by atoms with van der Waals surface area (Å²) in [7, 11) is -4.40. The Bertz CT molecular complexity index is 599. The van der Waals surface area contributed by atoms with E-state index >= 15 is 0 Å². The first-order valence-corrected chi connectivity index (χ1v) is 8.64. The van der Waals surface area contributed by atoms with E-state index < -0.39 is 25.8 Å². The van der Waals surface area contributed by atoms with Crippen LogP contribution in [0.3, 0.4) is 0 Å². The van der Waals surface area contributed by atoms with E-state index in [1.54, 1.807) is 32.0 Å². The molecule has 0 amide bonds. The van der Waals surface area contributed by atoms with Crippen molar-refractivity contribution in [3.05, 3.63) is 35.4 Å². The molecule has 1 aromatic carbocycles. The highest BCUT2D eigenvalue weighted by Gasteiger charge is 2.29. The zero-order valence-electron chi connectivity index (χ0n) is 12.9. The Morgan fingerprint density at radius 1 is 1.22 bits per heavy atom. The SMILES string of the molecule is CCOC(=O)c1ccccc1CC(OP(N)(=O)O)C(=O)OCC. The summed E-state index contributed by atoms with van der Waals surface area (Å²) in [6, 6.07) is 6.40. The lowest BCUT2D eigenvalue weighted by Gasteiger charge is -2.18. The van der Waals surface area contributed by atoms with Crippen molar-refractivity contribution < 1.29 is 33.0 Å². The number of carbonyl (C=O) groups excluding carboxylic acids is 2. The molecule has 0 saturated carbocycles. The largest absolute Gasteiger partial charge is 0.464 e. The first-order chi connectivity index (χ1) is 10.8. The molecule has 2 unspecified atom stereocenters. The van der Waals surface area contributed by atoms with Gasteiger partial charge in [0.25, 0.3) is 0 Å². The van der Waals surface area contributed by atoms with Crippen LogP contribution < -0.4 is 5.50 Å². The summed E-state index contributed by atoms with van der Waals surface area (Å²) in [5.41, 5.74) is 5.61. The van der Waals surface area contributed by atoms with Gasteiger partial charge in [0.1, 0.15) is 0 Å². The third-order valence-corrected chi connectivity index (χ3v) is 3.30. The van der Waals surface area contributed by atoms with E-state index in [0.717, 1.165) is 0 Å². The molecule has 8 nitrogen and oxygen atoms in total. The van der Waals surface area contributed by atoms with Crippen LogP contribution in [0.2, 0.25) is 0 Å². The molecule has 0 saturated heterocycles. The summed E-state index contributed by atoms with van der Waals surface area (Å²) in [6.45, 7) is 3.52. The average molecular weight is 345 g/mol. The third-order valence-electron chi connectivity index (χ3n) is 2.75. The van der Waals surface area contributed by atoms with E-state index in [-0.39, 0.29) is 25.2 Å². The van der Waals surface area contributed by atoms with Crippen molar-refractivity contribution in [2.45, 2.75) is 26.4 Å². The first kappa shape index (κ1) is 19.3. The minimum atomic E-state index is -4.40. The fourth-order valence-electron chi connectivity index (χ4n) is 1.89. The van der Waals surface area contributed by atoms with Crippen LogP contribution in [0.25, 0.3) is 0 Å². The Morgan fingerprint density at radius 3 is 2.39 bits per heavy atom. The number of hydrogen-bond acceptors (Lipinski definition) is 6. The van der Waals surface area contributed by atoms with Gasteiger partial charge < -0.3 is 14.4 Å². The first-order valence-electron chi connectivity index (χ1n) is 6.99. The zero-order chi connectivity index (χ0) is 17.5. The van der Waals surface area contributed by atoms with Gasteiger partial charge >= 0.3 is 19.7 Å². The number of esters is 2. The van der Waals surface area contributed by atoms with Crippen molar-refractivity contribution >= 4 is 19.7 Å². The molecule has 9 heteroatoms. The highest BCUT2D eigenvalue weighted by molar-refractivity contribution is 7.50. The Balaban J connectivity index is 3.05. The number of carbonyl (C=O) groups is 2. The van der Waals surface area contributed by atoms with Crippen LogP contribution >= 0.6 is 7.75 Å². The van der Waals surface area contributed by atoms with Gasteiger partial charge in [-0.2, -0.15) is 0 Å². The summed E-state index contributed by atoms with van der Waals surface area (Å²) >= 11 is 0. The minimum absolute atomic E-state index is 0.0680. The number of benzene rings is 1. The topological polar surface area (TPSA) is 125 Å². The fourth-order valence-corrected chi connectivity index (χ4v) is 2.41. The van der Waals surface area contributed by atoms with Gasteiger partial charge in [0, 0.05) is 6.42 Å². The van der Waals surface area contributed by atoms with Gasteiger partial charge in [0.2, 0.25) is 0 Å². The highest BCUT2D eigenvalue weighted by atomic mass is 31.2. The van der Waals surface area contributed by atoms with E-state index in [4.69, 9.17) is 24.4 Å². The van der Waals surface area contributed by atoms with E-state index in [0.29, 0.717) is 5.56 Å². The molecule has 23 heavy (non-hydrogen) atoms. The van der Waals surface area contributed by atoms with E-state index in [1.165, 1.54) is 6.07 Å². The highest BCUT2D eigenvalue weighted by Crippen LogP contribution is 2.34. The summed E-state index contributed by atoms with van der Waals surface area (Å²) in [5, 5.41) is 0. The van der Waals surface area contributed by atoms with Crippen LogP contribution in [0.5, 0.6) is 0 Å². The Hall–Kier alpha value is -1.73. The van der Waals surface area contributed by atoms with Gasteiger partial charge in [-0.15, -0.1) is 0 Å². The van der Waals surface area contributed by atoms with Gasteiger partial charge in [-0.3, -0.25) is 4.52 Å². The predicted molar refractivity (Wildman–Crippen MR) is 81.6 cm³/mol. The Labute approximate surface area is 134 Å². The van der Waals surface area contributed by atoms with E-state index in [2.05, 4.69) is 0 Å². The lowest BCUT2D eigenvalue weighted by atomic mass is 10.0. The summed E-state index contributed by atoms with van der Waals surface area (Å²) < 4.78 is 25.7. The molecule has 0 aromatic heterocycles. The van der Waals surface area contributed by atoms with Gasteiger partial charge in [-0.25, -0.2) is 19.7 Å². The number of ether oxygens (including phenoxy) is 2. The minimum Gasteiger partial charge on any atom is -0.464 e. The summed E-state index contributed by atoms with van der Waals surface area (Å²) in [4.78, 5) is 33.0. The standard InChI is InChI=1S/C14H20NO7P/c1-3-20-13(16)11-8-6-5-7-10(11)9-12(14(17)21-4-2)22-23(15,18)19/h5-8,12H,3-4,9H2,1-2H3,(H3,15,18,19). The quantitative estimate of drug-likeness (QED) is 0.535. The maximum atomic E-state index is 11.9. The van der Waals surface area contributed by atoms with Crippen LogP contribution in [0.15, 0.2) is 24.3 Å². The van der Waals surface area contributed by atoms with Crippen LogP contribution in [-0.4, -0.2) is 36.1 Å². The second kappa shape index (κ2) is 8.79. The molecule has 0 spiro atoms. The van der Waals surface area contributed by atoms with Crippen LogP contribution in [0.1, 0.15) is 29.8 Å². The maximum absolute atomic E-state index is 11.9. The molecule has 1 aromatic rings. The molecule has 3 N–H and O–H groups in total. The number of rotatable bonds is 8. The van der Waals surface area contributed by atoms with Crippen LogP contribution in [0.4, 0.5) is 0 Å². The molecule has 0 bridgehead atoms. The molecular formula is C14H20NO7P. The molecule has 1 rings (SSSR count). The van der Waals surface area contributed by atoms with E-state index in [1.807, 2.05) is 0 Å². The van der Waals surface area contributed by atoms with Crippen LogP contribution in [-0.2, 0) is 29.8 Å². The Morgan fingerprint density at radius 2 is 1.83 bits per heavy atom. The third kappa shape index (κ3) is 6.50. The molecule has 0 fully saturated rings. The molecule has 0 aliphatic heterocycles. The monoisotopic (exact) mass is 345 g/mol. The van der Waals surface area contributed by atoms with Crippen molar-refractivity contribution in [2.75, 3.05) is 13.2 Å². The van der Waals surface area contributed by atoms with Crippen molar-refractivity contribution in [2.24, 2.45) is 5.50 Å². The lowest BCUT2D eigenvalue weighted by molar-refractivity contribution is -0.151. The van der Waals surface area contributed by atoms with Crippen molar-refractivity contribution in [1.29, 1.82) is 0 Å². The molecular weight excluding hydrogens is 325 g/mol. The smallest absolute Gasteiger partial charge is 0.401 e. The number of hydrogen-bond donors (Lipinski definition) is 2. The van der Waals surface area contributed by atoms with Gasteiger partial charge in [-0.05, 0) is 25.5 Å². The van der Waals surface area contributed by atoms with Crippen LogP contribution in [0, 0.1) is 0 Å². The zero-order valence-corrected chi connectivity index (χ0v) is 13.8. The molecule has 0 heterocycles. The molecule has 2 atom stereocenters. The predicted octanol–water partition coefficient (Wildman–Crippen LogP) is 1.41. The van der Waals surface area contributed by atoms with Crippen molar-refractivity contribution in [3.8, 4) is 0 Å². The molecule has 0 aliphatic carbocycles. The Kier molecular flexibility index (Phi) is 7.38. The van der Waals surface area contributed by atoms with Gasteiger partial charge in [0.15, 0.2) is 6.10 Å². The maximum Gasteiger partial charge on any atom is 0.401 e. The van der Waals surface area contributed by atoms with Gasteiger partial charge in [0.05, 0.1) is 18.8 Å². The average Bonchev–Trinajstić information content (AvgIpc) is 2.46. The van der Waals surface area contributed by atoms with Crippen molar-refractivity contribution in [1.82, 2.24) is 0 Å².